The van der Waals surface area contributed by atoms with Crippen LogP contribution in [0.3, 0.4) is 0 Å². The van der Waals surface area contributed by atoms with Gasteiger partial charge in [-0.2, -0.15) is 0 Å². The lowest BCUT2D eigenvalue weighted by atomic mass is 10.0. The molecule has 4 nitrogen and oxygen atoms in total. The summed E-state index contributed by atoms with van der Waals surface area (Å²) in [6, 6.07) is 6.08. The van der Waals surface area contributed by atoms with E-state index in [1.807, 2.05) is 0 Å². The Morgan fingerprint density at radius 1 is 1.37 bits per heavy atom. The van der Waals surface area contributed by atoms with Crippen LogP contribution in [-0.4, -0.2) is 36.5 Å². The Labute approximate surface area is 112 Å². The lowest BCUT2D eigenvalue weighted by Gasteiger charge is -2.34. The topological polar surface area (TPSA) is 58.4 Å². The summed E-state index contributed by atoms with van der Waals surface area (Å²) in [5.74, 6) is -0.385. The summed E-state index contributed by atoms with van der Waals surface area (Å²) in [4.78, 5) is 14.1. The minimum atomic E-state index is -0.308. The van der Waals surface area contributed by atoms with Crippen molar-refractivity contribution in [3.63, 3.8) is 0 Å². The molecule has 1 aliphatic rings. The fourth-order valence-electron chi connectivity index (χ4n) is 2.45. The summed E-state index contributed by atoms with van der Waals surface area (Å²) >= 11 is 0. The molecule has 1 fully saturated rings. The number of amides is 1. The number of hydrogen-bond acceptors (Lipinski definition) is 3. The van der Waals surface area contributed by atoms with Crippen LogP contribution in [0.5, 0.6) is 0 Å². The minimum absolute atomic E-state index is 0.0769. The van der Waals surface area contributed by atoms with Crippen LogP contribution in [0.25, 0.3) is 0 Å². The van der Waals surface area contributed by atoms with Gasteiger partial charge in [-0.25, -0.2) is 4.39 Å². The number of rotatable bonds is 4. The molecule has 1 aliphatic heterocycles. The number of carbonyl (C=O) groups is 1. The Kier molecular flexibility index (Phi) is 4.87. The maximum Gasteiger partial charge on any atom is 0.238 e. The Balaban J connectivity index is 1.88. The largest absolute Gasteiger partial charge is 0.329 e. The Hall–Kier alpha value is -1.46. The molecular weight excluding hydrogens is 245 g/mol. The number of hydrogen-bond donors (Lipinski definition) is 2. The molecule has 0 aromatic heterocycles. The van der Waals surface area contributed by atoms with Gasteiger partial charge in [0.1, 0.15) is 5.82 Å². The van der Waals surface area contributed by atoms with Crippen molar-refractivity contribution >= 4 is 11.6 Å². The molecule has 5 heteroatoms. The van der Waals surface area contributed by atoms with Crippen LogP contribution in [0.4, 0.5) is 10.1 Å². The van der Waals surface area contributed by atoms with Crippen molar-refractivity contribution in [3.05, 3.63) is 30.1 Å². The Morgan fingerprint density at radius 2 is 2.11 bits per heavy atom. The highest BCUT2D eigenvalue weighted by atomic mass is 19.1. The molecule has 0 bridgehead atoms. The molecular formula is C14H20FN3O. The van der Waals surface area contributed by atoms with E-state index in [9.17, 15) is 9.18 Å². The second-order valence-corrected chi connectivity index (χ2v) is 4.91. The maximum absolute atomic E-state index is 12.8. The molecule has 0 spiro atoms. The van der Waals surface area contributed by atoms with Gasteiger partial charge in [-0.05, 0) is 43.7 Å². The second-order valence-electron chi connectivity index (χ2n) is 4.91. The number of benzene rings is 1. The first-order valence-corrected chi connectivity index (χ1v) is 6.68. The third-order valence-electron chi connectivity index (χ3n) is 3.50. The molecule has 0 aliphatic carbocycles. The molecule has 1 amide bonds. The monoisotopic (exact) mass is 265 g/mol. The van der Waals surface area contributed by atoms with Gasteiger partial charge < -0.3 is 11.1 Å². The van der Waals surface area contributed by atoms with Crippen LogP contribution in [-0.2, 0) is 4.79 Å². The highest BCUT2D eigenvalue weighted by Crippen LogP contribution is 2.16. The third kappa shape index (κ3) is 4.01. The van der Waals surface area contributed by atoms with E-state index in [1.165, 1.54) is 18.6 Å². The van der Waals surface area contributed by atoms with Gasteiger partial charge in [0.15, 0.2) is 0 Å². The highest BCUT2D eigenvalue weighted by Gasteiger charge is 2.22. The van der Waals surface area contributed by atoms with Crippen LogP contribution < -0.4 is 11.1 Å². The average molecular weight is 265 g/mol. The number of carbonyl (C=O) groups excluding carboxylic acids is 1. The number of halogens is 1. The quantitative estimate of drug-likeness (QED) is 0.869. The molecule has 1 saturated heterocycles. The number of nitrogens with zero attached hydrogens (tertiary/aromatic N) is 1. The zero-order chi connectivity index (χ0) is 13.7. The lowest BCUT2D eigenvalue weighted by molar-refractivity contribution is -0.118. The second kappa shape index (κ2) is 6.63. The Bertz CT molecular complexity index is 421. The summed E-state index contributed by atoms with van der Waals surface area (Å²) in [6.07, 6.45) is 3.35. The third-order valence-corrected chi connectivity index (χ3v) is 3.50. The summed E-state index contributed by atoms with van der Waals surface area (Å²) < 4.78 is 12.8. The molecule has 1 aromatic carbocycles. The van der Waals surface area contributed by atoms with Crippen molar-refractivity contribution in [2.24, 2.45) is 5.73 Å². The molecule has 1 atom stereocenters. The van der Waals surface area contributed by atoms with Gasteiger partial charge in [-0.15, -0.1) is 0 Å². The van der Waals surface area contributed by atoms with Gasteiger partial charge >= 0.3 is 0 Å². The van der Waals surface area contributed by atoms with E-state index in [-0.39, 0.29) is 11.7 Å². The van der Waals surface area contributed by atoms with Crippen LogP contribution >= 0.6 is 0 Å². The van der Waals surface area contributed by atoms with E-state index >= 15 is 0 Å². The first-order valence-electron chi connectivity index (χ1n) is 6.68. The van der Waals surface area contributed by atoms with Gasteiger partial charge in [-0.3, -0.25) is 9.69 Å². The van der Waals surface area contributed by atoms with Gasteiger partial charge in [0, 0.05) is 18.3 Å². The molecule has 1 aromatic rings. The number of likely N-dealkylation sites (tertiary alicyclic amines) is 1. The summed E-state index contributed by atoms with van der Waals surface area (Å²) in [6.45, 7) is 1.85. The Morgan fingerprint density at radius 3 is 2.79 bits per heavy atom. The highest BCUT2D eigenvalue weighted by molar-refractivity contribution is 5.92. The SMILES string of the molecule is NCC1CCCCN1CC(=O)Nc1ccc(F)cc1. The average Bonchev–Trinajstić information content (AvgIpc) is 2.42. The summed E-state index contributed by atoms with van der Waals surface area (Å²) in [5, 5.41) is 2.77. The molecule has 3 N–H and O–H groups in total. The van der Waals surface area contributed by atoms with Crippen LogP contribution in [0.15, 0.2) is 24.3 Å². The van der Waals surface area contributed by atoms with Crippen molar-refractivity contribution in [1.82, 2.24) is 4.90 Å². The molecule has 0 saturated carbocycles. The zero-order valence-corrected chi connectivity index (χ0v) is 10.9. The van der Waals surface area contributed by atoms with E-state index in [4.69, 9.17) is 5.73 Å². The van der Waals surface area contributed by atoms with E-state index in [0.29, 0.717) is 24.8 Å². The van der Waals surface area contributed by atoms with Gasteiger partial charge in [-0.1, -0.05) is 6.42 Å². The van der Waals surface area contributed by atoms with Crippen molar-refractivity contribution in [2.45, 2.75) is 25.3 Å². The number of piperidine rings is 1. The van der Waals surface area contributed by atoms with Crippen LogP contribution in [0, 0.1) is 5.82 Å². The lowest BCUT2D eigenvalue weighted by Crippen LogP contribution is -2.47. The number of anilines is 1. The van der Waals surface area contributed by atoms with E-state index in [2.05, 4.69) is 10.2 Å². The number of nitrogens with two attached hydrogens (primary N) is 1. The molecule has 19 heavy (non-hydrogen) atoms. The summed E-state index contributed by atoms with van der Waals surface area (Å²) in [5.41, 5.74) is 6.34. The van der Waals surface area contributed by atoms with Crippen LogP contribution in [0.1, 0.15) is 19.3 Å². The molecule has 2 rings (SSSR count). The van der Waals surface area contributed by atoms with E-state index in [1.54, 1.807) is 12.1 Å². The first kappa shape index (κ1) is 14.0. The predicted octanol–water partition coefficient (Wildman–Crippen LogP) is 1.58. The van der Waals surface area contributed by atoms with E-state index in [0.717, 1.165) is 19.4 Å². The van der Waals surface area contributed by atoms with Crippen molar-refractivity contribution in [1.29, 1.82) is 0 Å². The standard InChI is InChI=1S/C14H20FN3O/c15-11-4-6-12(7-5-11)17-14(19)10-18-8-2-1-3-13(18)9-16/h4-7,13H,1-3,8-10,16H2,(H,17,19). The predicted molar refractivity (Wildman–Crippen MR) is 73.3 cm³/mol. The van der Waals surface area contributed by atoms with Crippen LogP contribution in [0.2, 0.25) is 0 Å². The molecule has 104 valence electrons. The van der Waals surface area contributed by atoms with Gasteiger partial charge in [0.05, 0.1) is 6.54 Å². The smallest absolute Gasteiger partial charge is 0.238 e. The zero-order valence-electron chi connectivity index (χ0n) is 10.9. The fraction of sp³-hybridized carbons (Fsp3) is 0.500. The minimum Gasteiger partial charge on any atom is -0.329 e. The van der Waals surface area contributed by atoms with E-state index < -0.39 is 0 Å². The fourth-order valence-corrected chi connectivity index (χ4v) is 2.45. The molecule has 0 radical (unpaired) electrons. The normalized spacial score (nSPS) is 20.2. The van der Waals surface area contributed by atoms with Crippen molar-refractivity contribution < 1.29 is 9.18 Å². The van der Waals surface area contributed by atoms with Crippen molar-refractivity contribution in [3.8, 4) is 0 Å². The summed E-state index contributed by atoms with van der Waals surface area (Å²) in [7, 11) is 0. The van der Waals surface area contributed by atoms with Crippen molar-refractivity contribution in [2.75, 3.05) is 25.0 Å². The molecule has 1 heterocycles. The van der Waals surface area contributed by atoms with Gasteiger partial charge in [0.25, 0.3) is 0 Å². The first-order chi connectivity index (χ1) is 9.19. The number of nitrogens with one attached hydrogen (secondary N) is 1. The maximum atomic E-state index is 12.8. The molecule has 1 unspecified atom stereocenters. The van der Waals surface area contributed by atoms with Gasteiger partial charge in [0.2, 0.25) is 5.91 Å².